The topological polar surface area (TPSA) is 106 Å². The fourth-order valence-corrected chi connectivity index (χ4v) is 6.45. The summed E-state index contributed by atoms with van der Waals surface area (Å²) in [5, 5.41) is 9.03. The lowest BCUT2D eigenvalue weighted by Crippen LogP contribution is -2.54. The first-order chi connectivity index (χ1) is 13.1. The van der Waals surface area contributed by atoms with Crippen molar-refractivity contribution in [1.82, 2.24) is 10.5 Å². The molecule has 0 spiro atoms. The normalized spacial score (nSPS) is 17.3. The number of hydrogen-bond acceptors (Lipinski definition) is 7. The molecule has 1 saturated heterocycles. The Balaban J connectivity index is 1.97. The summed E-state index contributed by atoms with van der Waals surface area (Å²) < 4.78 is 67.4. The molecule has 1 fully saturated rings. The number of pyridine rings is 1. The number of amides is 1. The molecule has 3 rings (SSSR count). The van der Waals surface area contributed by atoms with Gasteiger partial charge in [-0.25, -0.2) is 13.9 Å². The van der Waals surface area contributed by atoms with Crippen LogP contribution in [0.25, 0.3) is 10.6 Å². The molecule has 1 aliphatic rings. The Labute approximate surface area is 162 Å². The van der Waals surface area contributed by atoms with Crippen molar-refractivity contribution in [2.75, 3.05) is 13.2 Å². The van der Waals surface area contributed by atoms with E-state index in [2.05, 4.69) is 4.98 Å². The van der Waals surface area contributed by atoms with Gasteiger partial charge in [-0.05, 0) is 37.1 Å². The number of hydrogen-bond donors (Lipinski definition) is 2. The quantitative estimate of drug-likeness (QED) is 0.564. The predicted molar refractivity (Wildman–Crippen MR) is 92.5 cm³/mol. The molecule has 2 aromatic heterocycles. The minimum atomic E-state index is -4.53. The second kappa shape index (κ2) is 7.43. The maximum atomic E-state index is 13.2. The predicted octanol–water partition coefficient (Wildman–Crippen LogP) is 2.66. The summed E-state index contributed by atoms with van der Waals surface area (Å²) in [5.74, 6) is -1.04. The Kier molecular flexibility index (Phi) is 5.49. The average Bonchev–Trinajstić information content (AvgIpc) is 3.18. The van der Waals surface area contributed by atoms with Crippen molar-refractivity contribution in [2.45, 2.75) is 28.0 Å². The average molecular weight is 436 g/mol. The molecule has 0 unspecified atom stereocenters. The van der Waals surface area contributed by atoms with Crippen molar-refractivity contribution in [3.8, 4) is 10.6 Å². The molecular weight excluding hydrogens is 421 g/mol. The van der Waals surface area contributed by atoms with E-state index in [-0.39, 0.29) is 36.0 Å². The van der Waals surface area contributed by atoms with Gasteiger partial charge in [0.25, 0.3) is 5.91 Å². The summed E-state index contributed by atoms with van der Waals surface area (Å²) >= 11 is 0.792. The lowest BCUT2D eigenvalue weighted by Gasteiger charge is -2.33. The Morgan fingerprint density at radius 3 is 2.43 bits per heavy atom. The van der Waals surface area contributed by atoms with Crippen LogP contribution in [0.4, 0.5) is 13.2 Å². The highest BCUT2D eigenvalue weighted by Gasteiger charge is 2.52. The molecular formula is C16H15F3N2O5S2. The molecule has 3 heterocycles. The van der Waals surface area contributed by atoms with Crippen LogP contribution in [-0.4, -0.2) is 42.5 Å². The number of ether oxygens (including phenoxy) is 1. The van der Waals surface area contributed by atoms with Gasteiger partial charge in [-0.3, -0.25) is 15.0 Å². The molecule has 2 N–H and O–H groups in total. The van der Waals surface area contributed by atoms with E-state index in [0.29, 0.717) is 11.1 Å². The number of halogens is 3. The van der Waals surface area contributed by atoms with Gasteiger partial charge in [0, 0.05) is 19.4 Å². The highest BCUT2D eigenvalue weighted by molar-refractivity contribution is 7.95. The monoisotopic (exact) mass is 436 g/mol. The van der Waals surface area contributed by atoms with Gasteiger partial charge in [-0.15, -0.1) is 11.3 Å². The summed E-state index contributed by atoms with van der Waals surface area (Å²) in [7, 11) is -4.19. The molecule has 0 aliphatic carbocycles. The third kappa shape index (κ3) is 3.52. The number of sulfone groups is 1. The molecule has 12 heteroatoms. The van der Waals surface area contributed by atoms with Crippen molar-refractivity contribution in [2.24, 2.45) is 0 Å². The van der Waals surface area contributed by atoms with E-state index in [4.69, 9.17) is 9.94 Å². The van der Waals surface area contributed by atoms with Gasteiger partial charge in [0.1, 0.15) is 4.21 Å². The molecule has 0 radical (unpaired) electrons. The van der Waals surface area contributed by atoms with Gasteiger partial charge in [0.15, 0.2) is 4.75 Å². The zero-order valence-corrected chi connectivity index (χ0v) is 15.8. The first kappa shape index (κ1) is 20.7. The first-order valence-corrected chi connectivity index (χ1v) is 10.3. The van der Waals surface area contributed by atoms with Crippen molar-refractivity contribution < 1.29 is 36.3 Å². The van der Waals surface area contributed by atoms with Crippen LogP contribution in [-0.2, 0) is 25.5 Å². The minimum absolute atomic E-state index is 0.0331. The number of hydroxylamine groups is 1. The molecule has 1 amide bonds. The summed E-state index contributed by atoms with van der Waals surface area (Å²) in [4.78, 5) is 16.3. The van der Waals surface area contributed by atoms with Crippen LogP contribution >= 0.6 is 11.3 Å². The molecule has 152 valence electrons. The number of carbonyl (C=O) groups is 1. The third-order valence-corrected chi connectivity index (χ3v) is 8.62. The highest BCUT2D eigenvalue weighted by Crippen LogP contribution is 2.40. The lowest BCUT2D eigenvalue weighted by atomic mass is 9.98. The second-order valence-electron chi connectivity index (χ2n) is 6.10. The van der Waals surface area contributed by atoms with E-state index in [1.165, 1.54) is 17.6 Å². The number of aromatic nitrogens is 1. The molecule has 0 atom stereocenters. The number of nitrogens with zero attached hydrogens (tertiary/aromatic N) is 1. The van der Waals surface area contributed by atoms with Crippen molar-refractivity contribution in [3.05, 3.63) is 36.0 Å². The van der Waals surface area contributed by atoms with Gasteiger partial charge < -0.3 is 4.74 Å². The Morgan fingerprint density at radius 1 is 1.21 bits per heavy atom. The van der Waals surface area contributed by atoms with E-state index < -0.39 is 32.2 Å². The van der Waals surface area contributed by atoms with Crippen molar-refractivity contribution in [3.63, 3.8) is 0 Å². The molecule has 2 aromatic rings. The summed E-state index contributed by atoms with van der Waals surface area (Å²) in [6.45, 7) is 0.0662. The second-order valence-corrected chi connectivity index (χ2v) is 9.67. The van der Waals surface area contributed by atoms with Crippen LogP contribution < -0.4 is 5.48 Å². The van der Waals surface area contributed by atoms with Gasteiger partial charge >= 0.3 is 6.18 Å². The minimum Gasteiger partial charge on any atom is -0.381 e. The smallest absolute Gasteiger partial charge is 0.381 e. The molecule has 28 heavy (non-hydrogen) atoms. The zero-order chi connectivity index (χ0) is 20.6. The SMILES string of the molecule is O=C(NO)C1(S(=O)(=O)c2ccc(-c3ccc(C(F)(F)F)cn3)s2)CCOCC1. The van der Waals surface area contributed by atoms with Crippen LogP contribution in [0.3, 0.4) is 0 Å². The Morgan fingerprint density at radius 2 is 1.89 bits per heavy atom. The molecule has 7 nitrogen and oxygen atoms in total. The van der Waals surface area contributed by atoms with Crippen molar-refractivity contribution in [1.29, 1.82) is 0 Å². The lowest BCUT2D eigenvalue weighted by molar-refractivity contribution is -0.138. The maximum absolute atomic E-state index is 13.2. The maximum Gasteiger partial charge on any atom is 0.417 e. The van der Waals surface area contributed by atoms with E-state index in [1.54, 1.807) is 0 Å². The first-order valence-electron chi connectivity index (χ1n) is 8.02. The molecule has 0 bridgehead atoms. The summed E-state index contributed by atoms with van der Waals surface area (Å²) in [5.41, 5.74) is 0.680. The van der Waals surface area contributed by atoms with E-state index in [1.807, 2.05) is 0 Å². The van der Waals surface area contributed by atoms with Crippen LogP contribution in [0.2, 0.25) is 0 Å². The fraction of sp³-hybridized carbons (Fsp3) is 0.375. The highest BCUT2D eigenvalue weighted by atomic mass is 32.2. The van der Waals surface area contributed by atoms with Crippen LogP contribution in [0.1, 0.15) is 18.4 Å². The number of carbonyl (C=O) groups excluding carboxylic acids is 1. The van der Waals surface area contributed by atoms with Crippen LogP contribution in [0.5, 0.6) is 0 Å². The van der Waals surface area contributed by atoms with Gasteiger partial charge in [-0.2, -0.15) is 13.2 Å². The largest absolute Gasteiger partial charge is 0.417 e. The fourth-order valence-electron chi connectivity index (χ4n) is 2.92. The summed E-state index contributed by atoms with van der Waals surface area (Å²) in [6.07, 6.45) is -4.12. The molecule has 0 saturated carbocycles. The van der Waals surface area contributed by atoms with Crippen LogP contribution in [0.15, 0.2) is 34.7 Å². The van der Waals surface area contributed by atoms with E-state index >= 15 is 0 Å². The molecule has 0 aromatic carbocycles. The number of thiophene rings is 1. The summed E-state index contributed by atoms with van der Waals surface area (Å²) in [6, 6.07) is 4.69. The van der Waals surface area contributed by atoms with Crippen molar-refractivity contribution >= 4 is 27.1 Å². The third-order valence-electron chi connectivity index (χ3n) is 4.52. The van der Waals surface area contributed by atoms with Gasteiger partial charge in [0.05, 0.1) is 16.1 Å². The van der Waals surface area contributed by atoms with E-state index in [9.17, 15) is 26.4 Å². The van der Waals surface area contributed by atoms with Gasteiger partial charge in [-0.1, -0.05) is 0 Å². The van der Waals surface area contributed by atoms with Crippen LogP contribution in [0, 0.1) is 0 Å². The van der Waals surface area contributed by atoms with Gasteiger partial charge in [0.2, 0.25) is 9.84 Å². The standard InChI is InChI=1S/C16H15F3N2O5S2/c17-16(18,19)10-1-2-11(20-9-10)12-3-4-13(27-12)28(24,25)15(14(22)21-23)5-7-26-8-6-15/h1-4,9,23H,5-8H2,(H,21,22). The van der Waals surface area contributed by atoms with E-state index in [0.717, 1.165) is 23.5 Å². The number of alkyl halides is 3. The zero-order valence-electron chi connectivity index (χ0n) is 14.2. The Hall–Kier alpha value is -2.02. The Bertz CT molecular complexity index is 965. The molecule has 1 aliphatic heterocycles. The number of nitrogens with one attached hydrogen (secondary N) is 1. The number of rotatable bonds is 4.